The molecule has 11 heteroatoms. The fourth-order valence-corrected chi connectivity index (χ4v) is 4.70. The van der Waals surface area contributed by atoms with Gasteiger partial charge in [0.2, 0.25) is 0 Å². The normalized spacial score (nSPS) is 17.5. The van der Waals surface area contributed by atoms with Gasteiger partial charge in [-0.25, -0.2) is 4.79 Å². The summed E-state index contributed by atoms with van der Waals surface area (Å²) < 4.78 is 42.7. The first-order valence-corrected chi connectivity index (χ1v) is 12.3. The number of aliphatic carboxylic acids is 1. The number of hydrogen-bond donors (Lipinski definition) is 1. The molecular weight excluding hydrogens is 491 g/mol. The van der Waals surface area contributed by atoms with Gasteiger partial charge in [0.25, 0.3) is 5.91 Å². The van der Waals surface area contributed by atoms with Gasteiger partial charge >= 0.3 is 12.1 Å². The summed E-state index contributed by atoms with van der Waals surface area (Å²) in [7, 11) is 0. The molecular formula is C26H34F3N3O5. The van der Waals surface area contributed by atoms with E-state index >= 15 is 0 Å². The first-order valence-electron chi connectivity index (χ1n) is 12.3. The second-order valence-electron chi connectivity index (χ2n) is 10.2. The van der Waals surface area contributed by atoms with Gasteiger partial charge in [-0.05, 0) is 50.1 Å². The lowest BCUT2D eigenvalue weighted by atomic mass is 9.77. The number of carboxylic acid groups (broad SMARTS) is 1. The van der Waals surface area contributed by atoms with Crippen LogP contribution in [0.2, 0.25) is 0 Å². The number of piperidine rings is 1. The Balaban J connectivity index is 0.000000479. The number of alkyl halides is 3. The van der Waals surface area contributed by atoms with Crippen molar-refractivity contribution in [2.24, 2.45) is 11.3 Å². The zero-order chi connectivity index (χ0) is 27.2. The Morgan fingerprint density at radius 2 is 1.78 bits per heavy atom. The van der Waals surface area contributed by atoms with E-state index in [1.165, 1.54) is 18.2 Å². The average molecular weight is 526 g/mol. The molecule has 3 heterocycles. The molecule has 2 saturated heterocycles. The number of carbonyl (C=O) groups is 2. The summed E-state index contributed by atoms with van der Waals surface area (Å²) in [6.45, 7) is 11.7. The maximum atomic E-state index is 12.7. The summed E-state index contributed by atoms with van der Waals surface area (Å²) in [4.78, 5) is 26.2. The first kappa shape index (κ1) is 28.5. The number of carboxylic acids is 1. The molecule has 0 saturated carbocycles. The van der Waals surface area contributed by atoms with Crippen LogP contribution in [0.15, 0.2) is 35.1 Å². The number of likely N-dealkylation sites (tertiary alicyclic amines) is 2. The predicted molar refractivity (Wildman–Crippen MR) is 129 cm³/mol. The molecule has 2 fully saturated rings. The van der Waals surface area contributed by atoms with E-state index in [2.05, 4.69) is 48.2 Å². The molecule has 1 aromatic carbocycles. The van der Waals surface area contributed by atoms with Crippen LogP contribution >= 0.6 is 0 Å². The Hall–Kier alpha value is -3.08. The van der Waals surface area contributed by atoms with Crippen molar-refractivity contribution < 1.29 is 37.1 Å². The maximum absolute atomic E-state index is 12.7. The maximum Gasteiger partial charge on any atom is 0.490 e. The second-order valence-corrected chi connectivity index (χ2v) is 10.2. The number of hydrogen-bond acceptors (Lipinski definition) is 6. The molecule has 2 aromatic rings. The second kappa shape index (κ2) is 12.0. The number of amides is 1. The summed E-state index contributed by atoms with van der Waals surface area (Å²) in [5.74, 6) is -1.18. The van der Waals surface area contributed by atoms with E-state index in [9.17, 15) is 18.0 Å². The number of rotatable bonds is 6. The van der Waals surface area contributed by atoms with Crippen molar-refractivity contribution in [3.05, 3.63) is 47.3 Å². The highest BCUT2D eigenvalue weighted by Crippen LogP contribution is 2.41. The van der Waals surface area contributed by atoms with Crippen LogP contribution < -0.4 is 4.74 Å². The van der Waals surface area contributed by atoms with Gasteiger partial charge in [-0.3, -0.25) is 9.69 Å². The molecule has 0 aliphatic carbocycles. The fourth-order valence-electron chi connectivity index (χ4n) is 4.70. The molecule has 2 aliphatic heterocycles. The Morgan fingerprint density at radius 1 is 1.16 bits per heavy atom. The van der Waals surface area contributed by atoms with E-state index in [1.807, 2.05) is 11.8 Å². The van der Waals surface area contributed by atoms with Gasteiger partial charge in [-0.1, -0.05) is 37.2 Å². The molecule has 1 N–H and O–H groups in total. The monoisotopic (exact) mass is 525 g/mol. The van der Waals surface area contributed by atoms with Crippen LogP contribution in [-0.2, 0) is 11.3 Å². The number of benzene rings is 1. The van der Waals surface area contributed by atoms with Gasteiger partial charge in [-0.2, -0.15) is 13.2 Å². The summed E-state index contributed by atoms with van der Waals surface area (Å²) in [5.41, 5.74) is 2.86. The number of para-hydroxylation sites is 1. The van der Waals surface area contributed by atoms with Crippen LogP contribution in [0.5, 0.6) is 5.75 Å². The van der Waals surface area contributed by atoms with Gasteiger partial charge in [0.15, 0.2) is 0 Å². The summed E-state index contributed by atoms with van der Waals surface area (Å²) in [5, 5.41) is 11.0. The van der Waals surface area contributed by atoms with Gasteiger partial charge in [0.1, 0.15) is 17.6 Å². The van der Waals surface area contributed by atoms with Crippen molar-refractivity contribution >= 4 is 11.9 Å². The van der Waals surface area contributed by atoms with E-state index < -0.39 is 12.1 Å². The summed E-state index contributed by atoms with van der Waals surface area (Å²) in [6, 6.07) is 8.42. The van der Waals surface area contributed by atoms with Crippen molar-refractivity contribution in [3.8, 4) is 5.75 Å². The van der Waals surface area contributed by atoms with Crippen molar-refractivity contribution in [3.63, 3.8) is 0 Å². The minimum Gasteiger partial charge on any atom is -0.493 e. The highest BCUT2D eigenvalue weighted by Gasteiger charge is 2.42. The molecule has 1 spiro atoms. The SMILES string of the molecule is Cc1nocc1C(=O)N1CCC2(CCN(Cc3ccccc3OCC(C)C)C2)CC1.O=C(O)C(F)(F)F. The molecule has 4 rings (SSSR count). The number of aryl methyl sites for hydroxylation is 1. The van der Waals surface area contributed by atoms with Crippen LogP contribution in [0.3, 0.4) is 0 Å². The molecule has 2 aliphatic rings. The minimum atomic E-state index is -5.08. The Morgan fingerprint density at radius 3 is 2.35 bits per heavy atom. The molecule has 1 aromatic heterocycles. The average Bonchev–Trinajstić information content (AvgIpc) is 3.44. The Kier molecular flexibility index (Phi) is 9.22. The molecule has 8 nitrogen and oxygen atoms in total. The third-order valence-corrected chi connectivity index (χ3v) is 6.79. The molecule has 0 atom stereocenters. The standard InChI is InChI=1S/C24H33N3O3.C2HF3O2/c1-18(2)15-29-22-7-5-4-6-20(22)14-26-11-8-24(17-26)9-12-27(13-10-24)23(28)21-16-30-25-19(21)3;3-2(4,5)1(6)7/h4-7,16,18H,8-15,17H2,1-3H3;(H,6,7). The van der Waals surface area contributed by atoms with Crippen molar-refractivity contribution in [2.75, 3.05) is 32.8 Å². The molecule has 0 unspecified atom stereocenters. The van der Waals surface area contributed by atoms with E-state index in [-0.39, 0.29) is 5.91 Å². The lowest BCUT2D eigenvalue weighted by molar-refractivity contribution is -0.192. The van der Waals surface area contributed by atoms with Crippen LogP contribution in [0.1, 0.15) is 54.7 Å². The zero-order valence-electron chi connectivity index (χ0n) is 21.4. The highest BCUT2D eigenvalue weighted by atomic mass is 19.4. The highest BCUT2D eigenvalue weighted by molar-refractivity contribution is 5.94. The third kappa shape index (κ3) is 7.70. The Labute approximate surface area is 214 Å². The van der Waals surface area contributed by atoms with Gasteiger partial charge in [0.05, 0.1) is 12.3 Å². The number of nitrogens with zero attached hydrogens (tertiary/aromatic N) is 3. The minimum absolute atomic E-state index is 0.0506. The van der Waals surface area contributed by atoms with Crippen LogP contribution in [0, 0.1) is 18.3 Å². The summed E-state index contributed by atoms with van der Waals surface area (Å²) in [6.07, 6.45) is -0.287. The van der Waals surface area contributed by atoms with E-state index in [4.69, 9.17) is 19.2 Å². The smallest absolute Gasteiger partial charge is 0.490 e. The van der Waals surface area contributed by atoms with E-state index in [1.54, 1.807) is 0 Å². The third-order valence-electron chi connectivity index (χ3n) is 6.79. The van der Waals surface area contributed by atoms with Gasteiger partial charge < -0.3 is 19.3 Å². The van der Waals surface area contributed by atoms with Crippen molar-refractivity contribution in [2.45, 2.75) is 52.8 Å². The van der Waals surface area contributed by atoms with E-state index in [0.717, 1.165) is 57.9 Å². The topological polar surface area (TPSA) is 96.1 Å². The number of carbonyl (C=O) groups excluding carboxylic acids is 1. The zero-order valence-corrected chi connectivity index (χ0v) is 21.4. The van der Waals surface area contributed by atoms with E-state index in [0.29, 0.717) is 22.6 Å². The number of halogens is 3. The number of aromatic nitrogens is 1. The van der Waals surface area contributed by atoms with Gasteiger partial charge in [0, 0.05) is 31.7 Å². The Bertz CT molecular complexity index is 1060. The lowest BCUT2D eigenvalue weighted by Gasteiger charge is -2.39. The first-order chi connectivity index (χ1) is 17.4. The predicted octanol–water partition coefficient (Wildman–Crippen LogP) is 4.78. The van der Waals surface area contributed by atoms with Crippen molar-refractivity contribution in [1.82, 2.24) is 15.0 Å². The lowest BCUT2D eigenvalue weighted by Crippen LogP contribution is -2.44. The fraction of sp³-hybridized carbons (Fsp3) is 0.577. The largest absolute Gasteiger partial charge is 0.493 e. The van der Waals surface area contributed by atoms with Crippen molar-refractivity contribution in [1.29, 1.82) is 0 Å². The number of ether oxygens (including phenoxy) is 1. The van der Waals surface area contributed by atoms with Gasteiger partial charge in [-0.15, -0.1) is 0 Å². The molecule has 37 heavy (non-hydrogen) atoms. The molecule has 0 bridgehead atoms. The van der Waals surface area contributed by atoms with Crippen LogP contribution in [-0.4, -0.2) is 70.9 Å². The summed E-state index contributed by atoms with van der Waals surface area (Å²) >= 11 is 0. The molecule has 204 valence electrons. The quantitative estimate of drug-likeness (QED) is 0.580. The molecule has 0 radical (unpaired) electrons. The van der Waals surface area contributed by atoms with Crippen LogP contribution in [0.25, 0.3) is 0 Å². The molecule has 1 amide bonds. The van der Waals surface area contributed by atoms with Crippen LogP contribution in [0.4, 0.5) is 13.2 Å².